The summed E-state index contributed by atoms with van der Waals surface area (Å²) >= 11 is 0. The van der Waals surface area contributed by atoms with Crippen molar-refractivity contribution < 1.29 is 18.3 Å². The zero-order chi connectivity index (χ0) is 13.9. The number of anilines is 1. The summed E-state index contributed by atoms with van der Waals surface area (Å²) in [6.45, 7) is 3.97. The van der Waals surface area contributed by atoms with Gasteiger partial charge < -0.3 is 5.11 Å². The first-order chi connectivity index (χ1) is 8.19. The largest absolute Gasteiger partial charge is 0.478 e. The van der Waals surface area contributed by atoms with Crippen molar-refractivity contribution in [3.05, 3.63) is 29.3 Å². The lowest BCUT2D eigenvalue weighted by molar-refractivity contribution is 0.0696. The first-order valence-corrected chi connectivity index (χ1v) is 7.42. The molecule has 0 unspecified atom stereocenters. The van der Waals surface area contributed by atoms with E-state index in [9.17, 15) is 13.2 Å². The van der Waals surface area contributed by atoms with Gasteiger partial charge in [-0.3, -0.25) is 4.72 Å². The molecule has 1 rings (SSSR count). The van der Waals surface area contributed by atoms with E-state index in [0.717, 1.165) is 6.26 Å². The highest BCUT2D eigenvalue weighted by Crippen LogP contribution is 2.22. The molecule has 0 fully saturated rings. The summed E-state index contributed by atoms with van der Waals surface area (Å²) in [5.74, 6) is -0.722. The Morgan fingerprint density at radius 2 is 2.00 bits per heavy atom. The van der Waals surface area contributed by atoms with Crippen molar-refractivity contribution in [2.24, 2.45) is 5.92 Å². The first kappa shape index (κ1) is 14.5. The first-order valence-electron chi connectivity index (χ1n) is 5.53. The van der Waals surface area contributed by atoms with Crippen molar-refractivity contribution in [3.63, 3.8) is 0 Å². The molecule has 5 nitrogen and oxygen atoms in total. The van der Waals surface area contributed by atoms with Crippen LogP contribution in [0.25, 0.3) is 0 Å². The van der Waals surface area contributed by atoms with E-state index in [0.29, 0.717) is 23.6 Å². The summed E-state index contributed by atoms with van der Waals surface area (Å²) < 4.78 is 24.9. The number of carbonyl (C=O) groups is 1. The summed E-state index contributed by atoms with van der Waals surface area (Å²) in [7, 11) is -3.37. The average molecular weight is 271 g/mol. The molecule has 1 aromatic carbocycles. The van der Waals surface area contributed by atoms with Crippen LogP contribution in [-0.2, 0) is 16.4 Å². The molecule has 0 saturated heterocycles. The SMILES string of the molecule is CC(C)Cc1cc(C(=O)O)ccc1NS(C)(=O)=O. The third-order valence-electron chi connectivity index (χ3n) is 2.28. The molecule has 0 bridgehead atoms. The van der Waals surface area contributed by atoms with Crippen molar-refractivity contribution in [2.45, 2.75) is 20.3 Å². The Morgan fingerprint density at radius 1 is 1.39 bits per heavy atom. The molecule has 6 heteroatoms. The molecule has 0 aliphatic carbocycles. The topological polar surface area (TPSA) is 83.5 Å². The number of carboxylic acids is 1. The number of carboxylic acid groups (broad SMARTS) is 1. The van der Waals surface area contributed by atoms with Crippen LogP contribution in [0.5, 0.6) is 0 Å². The van der Waals surface area contributed by atoms with E-state index in [1.807, 2.05) is 13.8 Å². The molecular weight excluding hydrogens is 254 g/mol. The minimum Gasteiger partial charge on any atom is -0.478 e. The molecule has 100 valence electrons. The lowest BCUT2D eigenvalue weighted by Crippen LogP contribution is -2.13. The van der Waals surface area contributed by atoms with Gasteiger partial charge in [-0.05, 0) is 36.1 Å². The fraction of sp³-hybridized carbons (Fsp3) is 0.417. The summed E-state index contributed by atoms with van der Waals surface area (Å²) in [5, 5.41) is 8.93. The second-order valence-electron chi connectivity index (χ2n) is 4.65. The molecule has 0 atom stereocenters. The van der Waals surface area contributed by atoms with Gasteiger partial charge in [0.15, 0.2) is 0 Å². The van der Waals surface area contributed by atoms with Crippen LogP contribution < -0.4 is 4.72 Å². The molecule has 0 aliphatic rings. The Bertz CT molecular complexity index is 549. The fourth-order valence-electron chi connectivity index (χ4n) is 1.63. The monoisotopic (exact) mass is 271 g/mol. The highest BCUT2D eigenvalue weighted by molar-refractivity contribution is 7.92. The molecule has 1 aromatic rings. The van der Waals surface area contributed by atoms with Crippen LogP contribution in [0.15, 0.2) is 18.2 Å². The van der Waals surface area contributed by atoms with Crippen LogP contribution in [0.2, 0.25) is 0 Å². The van der Waals surface area contributed by atoms with Gasteiger partial charge in [0.05, 0.1) is 17.5 Å². The van der Waals surface area contributed by atoms with Gasteiger partial charge in [-0.25, -0.2) is 13.2 Å². The second-order valence-corrected chi connectivity index (χ2v) is 6.40. The van der Waals surface area contributed by atoms with E-state index >= 15 is 0 Å². The van der Waals surface area contributed by atoms with Crippen molar-refractivity contribution in [1.29, 1.82) is 0 Å². The summed E-state index contributed by atoms with van der Waals surface area (Å²) in [6, 6.07) is 4.39. The zero-order valence-electron chi connectivity index (χ0n) is 10.6. The van der Waals surface area contributed by atoms with E-state index in [1.54, 1.807) is 0 Å². The number of benzene rings is 1. The van der Waals surface area contributed by atoms with Crippen molar-refractivity contribution in [2.75, 3.05) is 11.0 Å². The third kappa shape index (κ3) is 4.37. The van der Waals surface area contributed by atoms with Crippen LogP contribution in [0.4, 0.5) is 5.69 Å². The van der Waals surface area contributed by atoms with Gasteiger partial charge in [-0.15, -0.1) is 0 Å². The van der Waals surface area contributed by atoms with Crippen LogP contribution in [0, 0.1) is 5.92 Å². The van der Waals surface area contributed by atoms with Crippen LogP contribution in [-0.4, -0.2) is 25.7 Å². The number of hydrogen-bond acceptors (Lipinski definition) is 3. The van der Waals surface area contributed by atoms with Crippen molar-refractivity contribution in [1.82, 2.24) is 0 Å². The Kier molecular flexibility index (Phi) is 4.34. The van der Waals surface area contributed by atoms with Crippen LogP contribution in [0.3, 0.4) is 0 Å². The Hall–Kier alpha value is -1.56. The van der Waals surface area contributed by atoms with Gasteiger partial charge in [-0.1, -0.05) is 13.8 Å². The third-order valence-corrected chi connectivity index (χ3v) is 2.87. The normalized spacial score (nSPS) is 11.6. The van der Waals surface area contributed by atoms with E-state index in [4.69, 9.17) is 5.11 Å². The smallest absolute Gasteiger partial charge is 0.335 e. The molecule has 0 spiro atoms. The molecule has 0 heterocycles. The zero-order valence-corrected chi connectivity index (χ0v) is 11.4. The molecule has 0 amide bonds. The standard InChI is InChI=1S/C12H17NO4S/c1-8(2)6-10-7-9(12(14)15)4-5-11(10)13-18(3,16)17/h4-5,7-8,13H,6H2,1-3H3,(H,14,15). The predicted octanol–water partition coefficient (Wildman–Crippen LogP) is 1.95. The average Bonchev–Trinajstić information content (AvgIpc) is 2.17. The van der Waals surface area contributed by atoms with Gasteiger partial charge in [-0.2, -0.15) is 0 Å². The van der Waals surface area contributed by atoms with Gasteiger partial charge in [0.2, 0.25) is 10.0 Å². The van der Waals surface area contributed by atoms with E-state index in [1.165, 1.54) is 18.2 Å². The summed E-state index contributed by atoms with van der Waals surface area (Å²) in [4.78, 5) is 10.9. The molecule has 0 radical (unpaired) electrons. The molecular formula is C12H17NO4S. The maximum Gasteiger partial charge on any atom is 0.335 e. The lowest BCUT2D eigenvalue weighted by Gasteiger charge is -2.13. The Balaban J connectivity index is 3.20. The van der Waals surface area contributed by atoms with Gasteiger partial charge in [0, 0.05) is 0 Å². The molecule has 0 aromatic heterocycles. The maximum absolute atomic E-state index is 11.2. The fourth-order valence-corrected chi connectivity index (χ4v) is 2.23. The van der Waals surface area contributed by atoms with Gasteiger partial charge >= 0.3 is 5.97 Å². The second kappa shape index (κ2) is 5.39. The number of nitrogens with one attached hydrogen (secondary N) is 1. The van der Waals surface area contributed by atoms with Crippen LogP contribution >= 0.6 is 0 Å². The Morgan fingerprint density at radius 3 is 2.44 bits per heavy atom. The highest BCUT2D eigenvalue weighted by Gasteiger charge is 2.12. The number of aromatic carboxylic acids is 1. The van der Waals surface area contributed by atoms with Gasteiger partial charge in [0.1, 0.15) is 0 Å². The van der Waals surface area contributed by atoms with Crippen molar-refractivity contribution in [3.8, 4) is 0 Å². The van der Waals surface area contributed by atoms with Crippen LogP contribution in [0.1, 0.15) is 29.8 Å². The maximum atomic E-state index is 11.2. The number of hydrogen-bond donors (Lipinski definition) is 2. The summed E-state index contributed by atoms with van der Waals surface area (Å²) in [5.41, 5.74) is 1.29. The van der Waals surface area contributed by atoms with E-state index in [-0.39, 0.29) is 5.56 Å². The van der Waals surface area contributed by atoms with Crippen molar-refractivity contribution >= 4 is 21.7 Å². The minimum absolute atomic E-state index is 0.157. The van der Waals surface area contributed by atoms with E-state index in [2.05, 4.69) is 4.72 Å². The number of rotatable bonds is 5. The molecule has 2 N–H and O–H groups in total. The molecule has 0 aliphatic heterocycles. The Labute approximate surface area is 107 Å². The van der Waals surface area contributed by atoms with Gasteiger partial charge in [0.25, 0.3) is 0 Å². The molecule has 0 saturated carbocycles. The quantitative estimate of drug-likeness (QED) is 0.857. The number of sulfonamides is 1. The van der Waals surface area contributed by atoms with E-state index < -0.39 is 16.0 Å². The highest BCUT2D eigenvalue weighted by atomic mass is 32.2. The molecule has 18 heavy (non-hydrogen) atoms. The predicted molar refractivity (Wildman–Crippen MR) is 70.4 cm³/mol. The lowest BCUT2D eigenvalue weighted by atomic mass is 9.99. The summed E-state index contributed by atoms with van der Waals surface area (Å²) in [6.07, 6.45) is 1.68. The minimum atomic E-state index is -3.37.